The van der Waals surface area contributed by atoms with Crippen LogP contribution in [0.4, 0.5) is 17.6 Å². The summed E-state index contributed by atoms with van der Waals surface area (Å²) < 4.78 is 54.8. The topological polar surface area (TPSA) is 43.4 Å². The van der Waals surface area contributed by atoms with Crippen molar-refractivity contribution in [2.24, 2.45) is 0 Å². The van der Waals surface area contributed by atoms with Gasteiger partial charge in [0.2, 0.25) is 0 Å². The number of carbonyl (C=O) groups excluding carboxylic acids is 2. The van der Waals surface area contributed by atoms with Crippen LogP contribution in [-0.2, 0) is 20.5 Å². The molecule has 2 rings (SSSR count). The number of benzene rings is 1. The van der Waals surface area contributed by atoms with Gasteiger partial charge in [-0.1, -0.05) is 6.07 Å². The summed E-state index contributed by atoms with van der Waals surface area (Å²) in [6.45, 7) is 0. The maximum absolute atomic E-state index is 13.4. The molecule has 1 heterocycles. The second-order valence-electron chi connectivity index (χ2n) is 4.19. The number of alkyl halides is 3. The van der Waals surface area contributed by atoms with Gasteiger partial charge in [0.1, 0.15) is 5.82 Å². The van der Waals surface area contributed by atoms with E-state index in [4.69, 9.17) is 0 Å². The lowest BCUT2D eigenvalue weighted by Crippen LogP contribution is -2.24. The van der Waals surface area contributed by atoms with Crippen LogP contribution in [0.15, 0.2) is 18.2 Å². The Morgan fingerprint density at radius 2 is 1.68 bits per heavy atom. The molecule has 1 aliphatic heterocycles. The number of carbonyl (C=O) groups is 2. The molecular weight excluding hydrogens is 268 g/mol. The monoisotopic (exact) mass is 276 g/mol. The number of cyclic esters (lactones) is 2. The van der Waals surface area contributed by atoms with E-state index < -0.39 is 35.4 Å². The summed E-state index contributed by atoms with van der Waals surface area (Å²) in [5.41, 5.74) is -1.20. The van der Waals surface area contributed by atoms with Crippen molar-refractivity contribution in [1.29, 1.82) is 0 Å². The average Bonchev–Trinajstić information content (AvgIpc) is 2.25. The maximum atomic E-state index is 13.4. The molecule has 0 aliphatic carbocycles. The number of hydrogen-bond acceptors (Lipinski definition) is 3. The fourth-order valence-corrected chi connectivity index (χ4v) is 1.94. The summed E-state index contributed by atoms with van der Waals surface area (Å²) in [6.07, 6.45) is -5.09. The smallest absolute Gasteiger partial charge is 0.393 e. The predicted molar refractivity (Wildman–Crippen MR) is 54.5 cm³/mol. The summed E-state index contributed by atoms with van der Waals surface area (Å²) in [4.78, 5) is 22.1. The molecule has 3 nitrogen and oxygen atoms in total. The van der Waals surface area contributed by atoms with Gasteiger partial charge in [-0.25, -0.2) is 4.39 Å². The highest BCUT2D eigenvalue weighted by molar-refractivity contribution is 5.89. The SMILES string of the molecule is O=C1CC(c2ccc(C(F)(F)F)c(F)c2)CC(=O)O1. The second kappa shape index (κ2) is 4.64. The van der Waals surface area contributed by atoms with Gasteiger partial charge < -0.3 is 4.74 Å². The zero-order valence-electron chi connectivity index (χ0n) is 9.46. The van der Waals surface area contributed by atoms with Gasteiger partial charge >= 0.3 is 18.1 Å². The first-order chi connectivity index (χ1) is 8.77. The van der Waals surface area contributed by atoms with Gasteiger partial charge in [0.25, 0.3) is 0 Å². The van der Waals surface area contributed by atoms with Crippen LogP contribution >= 0.6 is 0 Å². The predicted octanol–water partition coefficient (Wildman–Crippen LogP) is 2.79. The number of hydrogen-bond donors (Lipinski definition) is 0. The first-order valence-electron chi connectivity index (χ1n) is 5.37. The number of halogens is 4. The van der Waals surface area contributed by atoms with E-state index in [9.17, 15) is 27.2 Å². The second-order valence-corrected chi connectivity index (χ2v) is 4.19. The molecule has 0 atom stereocenters. The van der Waals surface area contributed by atoms with Crippen LogP contribution in [-0.4, -0.2) is 11.9 Å². The molecule has 0 spiro atoms. The lowest BCUT2D eigenvalue weighted by atomic mass is 9.90. The van der Waals surface area contributed by atoms with E-state index in [1.54, 1.807) is 0 Å². The quantitative estimate of drug-likeness (QED) is 0.450. The molecular formula is C12H8F4O3. The van der Waals surface area contributed by atoms with E-state index in [0.29, 0.717) is 12.1 Å². The van der Waals surface area contributed by atoms with E-state index in [0.717, 1.165) is 6.07 Å². The molecule has 1 saturated heterocycles. The van der Waals surface area contributed by atoms with Crippen molar-refractivity contribution in [3.8, 4) is 0 Å². The molecule has 0 bridgehead atoms. The van der Waals surface area contributed by atoms with Crippen molar-refractivity contribution in [3.05, 3.63) is 35.1 Å². The molecule has 0 aromatic heterocycles. The summed E-state index contributed by atoms with van der Waals surface area (Å²) >= 11 is 0. The van der Waals surface area contributed by atoms with Gasteiger partial charge in [0.05, 0.1) is 18.4 Å². The van der Waals surface area contributed by atoms with E-state index in [1.807, 2.05) is 0 Å². The highest BCUT2D eigenvalue weighted by Gasteiger charge is 2.35. The van der Waals surface area contributed by atoms with Crippen LogP contribution in [0, 0.1) is 5.82 Å². The molecule has 102 valence electrons. The summed E-state index contributed by atoms with van der Waals surface area (Å²) in [5, 5.41) is 0. The van der Waals surface area contributed by atoms with Crippen LogP contribution in [0.25, 0.3) is 0 Å². The van der Waals surface area contributed by atoms with Crippen molar-refractivity contribution in [2.75, 3.05) is 0 Å². The molecule has 0 N–H and O–H groups in total. The van der Waals surface area contributed by atoms with Crippen LogP contribution in [0.5, 0.6) is 0 Å². The van der Waals surface area contributed by atoms with E-state index in [-0.39, 0.29) is 18.4 Å². The van der Waals surface area contributed by atoms with E-state index in [2.05, 4.69) is 4.74 Å². The zero-order valence-corrected chi connectivity index (χ0v) is 9.46. The lowest BCUT2D eigenvalue weighted by molar-refractivity contribution is -0.164. The molecule has 0 unspecified atom stereocenters. The Morgan fingerprint density at radius 3 is 2.16 bits per heavy atom. The number of esters is 2. The Morgan fingerprint density at radius 1 is 1.11 bits per heavy atom. The van der Waals surface area contributed by atoms with Gasteiger partial charge in [0.15, 0.2) is 0 Å². The third-order valence-electron chi connectivity index (χ3n) is 2.82. The molecule has 1 aliphatic rings. The van der Waals surface area contributed by atoms with Crippen LogP contribution in [0.3, 0.4) is 0 Å². The lowest BCUT2D eigenvalue weighted by Gasteiger charge is -2.20. The molecule has 0 radical (unpaired) electrons. The fourth-order valence-electron chi connectivity index (χ4n) is 1.94. The van der Waals surface area contributed by atoms with Crippen LogP contribution in [0.1, 0.15) is 29.9 Å². The summed E-state index contributed by atoms with van der Waals surface area (Å²) in [7, 11) is 0. The van der Waals surface area contributed by atoms with Gasteiger partial charge in [-0.3, -0.25) is 9.59 Å². The molecule has 0 amide bonds. The van der Waals surface area contributed by atoms with Gasteiger partial charge in [0, 0.05) is 5.92 Å². The Kier molecular flexibility index (Phi) is 3.30. The maximum Gasteiger partial charge on any atom is 0.419 e. The first kappa shape index (κ1) is 13.5. The highest BCUT2D eigenvalue weighted by atomic mass is 19.4. The van der Waals surface area contributed by atoms with Gasteiger partial charge in [-0.05, 0) is 17.7 Å². The van der Waals surface area contributed by atoms with Crippen molar-refractivity contribution >= 4 is 11.9 Å². The summed E-state index contributed by atoms with van der Waals surface area (Å²) in [5.74, 6) is -3.59. The first-order valence-corrected chi connectivity index (χ1v) is 5.37. The third kappa shape index (κ3) is 2.91. The van der Waals surface area contributed by atoms with E-state index in [1.165, 1.54) is 0 Å². The van der Waals surface area contributed by atoms with Gasteiger partial charge in [-0.2, -0.15) is 13.2 Å². The van der Waals surface area contributed by atoms with Crippen molar-refractivity contribution in [1.82, 2.24) is 0 Å². The normalized spacial score (nSPS) is 17.5. The minimum Gasteiger partial charge on any atom is -0.393 e. The number of rotatable bonds is 1. The standard InChI is InChI=1S/C12H8F4O3/c13-9-3-6(1-2-8(9)12(14,15)16)7-4-10(17)19-11(18)5-7/h1-3,7H,4-5H2. The third-order valence-corrected chi connectivity index (χ3v) is 2.82. The molecule has 1 aromatic rings. The molecule has 7 heteroatoms. The Bertz CT molecular complexity index is 520. The molecule has 1 aromatic carbocycles. The summed E-state index contributed by atoms with van der Waals surface area (Å²) in [6, 6.07) is 2.39. The Hall–Kier alpha value is -1.92. The zero-order chi connectivity index (χ0) is 14.2. The molecule has 19 heavy (non-hydrogen) atoms. The average molecular weight is 276 g/mol. The largest absolute Gasteiger partial charge is 0.419 e. The minimum atomic E-state index is -4.77. The van der Waals surface area contributed by atoms with Gasteiger partial charge in [-0.15, -0.1) is 0 Å². The molecule has 1 fully saturated rings. The van der Waals surface area contributed by atoms with Crippen molar-refractivity contribution in [2.45, 2.75) is 24.9 Å². The fraction of sp³-hybridized carbons (Fsp3) is 0.333. The van der Waals surface area contributed by atoms with Crippen molar-refractivity contribution in [3.63, 3.8) is 0 Å². The minimum absolute atomic E-state index is 0.156. The van der Waals surface area contributed by atoms with Crippen molar-refractivity contribution < 1.29 is 31.9 Å². The number of ether oxygens (including phenoxy) is 1. The van der Waals surface area contributed by atoms with E-state index >= 15 is 0 Å². The molecule has 0 saturated carbocycles. The van der Waals surface area contributed by atoms with Crippen LogP contribution in [0.2, 0.25) is 0 Å². The Balaban J connectivity index is 2.29. The highest BCUT2D eigenvalue weighted by Crippen LogP contribution is 2.34. The van der Waals surface area contributed by atoms with Crippen LogP contribution < -0.4 is 0 Å². The Labute approximate surface area is 105 Å².